The van der Waals surface area contributed by atoms with Gasteiger partial charge >= 0.3 is 6.18 Å². The van der Waals surface area contributed by atoms with E-state index < -0.39 is 18.6 Å². The standard InChI is InChI=1S/C12H12F3N5O/c13-12(14,15)6-17-10(21)5-20-7-18-11(19-20)8-1-3-9(16)4-2-8/h1-4,7H,5-6,16H2,(H,17,21). The summed E-state index contributed by atoms with van der Waals surface area (Å²) in [6, 6.07) is 6.76. The van der Waals surface area contributed by atoms with E-state index in [1.54, 1.807) is 29.6 Å². The number of anilines is 1. The number of rotatable bonds is 4. The quantitative estimate of drug-likeness (QED) is 0.831. The monoisotopic (exact) mass is 299 g/mol. The van der Waals surface area contributed by atoms with Crippen LogP contribution in [-0.4, -0.2) is 33.4 Å². The number of carbonyl (C=O) groups is 1. The van der Waals surface area contributed by atoms with Gasteiger partial charge in [-0.1, -0.05) is 0 Å². The molecule has 21 heavy (non-hydrogen) atoms. The molecular weight excluding hydrogens is 287 g/mol. The van der Waals surface area contributed by atoms with E-state index in [0.717, 1.165) is 4.68 Å². The zero-order valence-electron chi connectivity index (χ0n) is 10.8. The number of benzene rings is 1. The van der Waals surface area contributed by atoms with Crippen molar-refractivity contribution in [1.82, 2.24) is 20.1 Å². The third-order valence-electron chi connectivity index (χ3n) is 2.50. The van der Waals surface area contributed by atoms with Crippen molar-refractivity contribution in [3.05, 3.63) is 30.6 Å². The molecule has 0 saturated carbocycles. The molecule has 0 aliphatic carbocycles. The summed E-state index contributed by atoms with van der Waals surface area (Å²) in [6.45, 7) is -1.70. The first-order valence-corrected chi connectivity index (χ1v) is 5.92. The lowest BCUT2D eigenvalue weighted by molar-refractivity contribution is -0.138. The summed E-state index contributed by atoms with van der Waals surface area (Å²) in [7, 11) is 0. The highest BCUT2D eigenvalue weighted by molar-refractivity contribution is 5.75. The minimum absolute atomic E-state index is 0.335. The Morgan fingerprint density at radius 3 is 2.57 bits per heavy atom. The van der Waals surface area contributed by atoms with Crippen molar-refractivity contribution in [1.29, 1.82) is 0 Å². The summed E-state index contributed by atoms with van der Waals surface area (Å²) in [4.78, 5) is 15.3. The molecule has 3 N–H and O–H groups in total. The van der Waals surface area contributed by atoms with Crippen LogP contribution >= 0.6 is 0 Å². The van der Waals surface area contributed by atoms with Gasteiger partial charge in [-0.3, -0.25) is 4.79 Å². The number of nitrogens with zero attached hydrogens (tertiary/aromatic N) is 3. The van der Waals surface area contributed by atoms with E-state index in [1.165, 1.54) is 6.33 Å². The van der Waals surface area contributed by atoms with Crippen molar-refractivity contribution in [2.75, 3.05) is 12.3 Å². The van der Waals surface area contributed by atoms with Crippen LogP contribution in [0.2, 0.25) is 0 Å². The number of nitrogens with two attached hydrogens (primary N) is 1. The lowest BCUT2D eigenvalue weighted by Crippen LogP contribution is -2.35. The topological polar surface area (TPSA) is 85.8 Å². The molecule has 0 fully saturated rings. The normalized spacial score (nSPS) is 11.4. The number of halogens is 3. The molecule has 0 aliphatic heterocycles. The van der Waals surface area contributed by atoms with Crippen LogP contribution in [0, 0.1) is 0 Å². The van der Waals surface area contributed by atoms with Crippen molar-refractivity contribution < 1.29 is 18.0 Å². The molecule has 0 spiro atoms. The predicted molar refractivity (Wildman–Crippen MR) is 68.9 cm³/mol. The maximum Gasteiger partial charge on any atom is 0.405 e. The van der Waals surface area contributed by atoms with Crippen LogP contribution < -0.4 is 11.1 Å². The second-order valence-electron chi connectivity index (χ2n) is 4.28. The number of alkyl halides is 3. The second-order valence-corrected chi connectivity index (χ2v) is 4.28. The molecule has 1 heterocycles. The number of amides is 1. The van der Waals surface area contributed by atoms with Gasteiger partial charge in [0.1, 0.15) is 19.4 Å². The Labute approximate surface area is 117 Å². The summed E-state index contributed by atoms with van der Waals surface area (Å²) in [5.41, 5.74) is 6.83. The smallest absolute Gasteiger partial charge is 0.399 e. The van der Waals surface area contributed by atoms with Gasteiger partial charge in [0.05, 0.1) is 0 Å². The lowest BCUT2D eigenvalue weighted by atomic mass is 10.2. The molecule has 0 bridgehead atoms. The molecule has 112 valence electrons. The minimum atomic E-state index is -4.44. The van der Waals surface area contributed by atoms with E-state index in [0.29, 0.717) is 17.1 Å². The van der Waals surface area contributed by atoms with Gasteiger partial charge in [0.15, 0.2) is 5.82 Å². The first kappa shape index (κ1) is 14.8. The van der Waals surface area contributed by atoms with Gasteiger partial charge in [-0.2, -0.15) is 18.3 Å². The molecule has 2 aromatic rings. The van der Waals surface area contributed by atoms with Gasteiger partial charge in [0, 0.05) is 11.3 Å². The number of nitrogens with one attached hydrogen (secondary N) is 1. The zero-order chi connectivity index (χ0) is 15.5. The van der Waals surface area contributed by atoms with Gasteiger partial charge < -0.3 is 11.1 Å². The van der Waals surface area contributed by atoms with Crippen molar-refractivity contribution in [2.45, 2.75) is 12.7 Å². The van der Waals surface area contributed by atoms with Gasteiger partial charge in [0.2, 0.25) is 5.91 Å². The fourth-order valence-corrected chi connectivity index (χ4v) is 1.54. The predicted octanol–water partition coefficient (Wildman–Crippen LogP) is 1.21. The molecular formula is C12H12F3N5O. The van der Waals surface area contributed by atoms with Crippen molar-refractivity contribution in [3.63, 3.8) is 0 Å². The maximum atomic E-state index is 12.0. The number of nitrogen functional groups attached to an aromatic ring is 1. The number of carbonyl (C=O) groups excluding carboxylic acids is 1. The molecule has 2 rings (SSSR count). The summed E-state index contributed by atoms with van der Waals surface area (Å²) in [5.74, 6) is -0.431. The van der Waals surface area contributed by atoms with Crippen molar-refractivity contribution >= 4 is 11.6 Å². The van der Waals surface area contributed by atoms with Crippen LogP contribution in [0.25, 0.3) is 11.4 Å². The van der Waals surface area contributed by atoms with Crippen LogP contribution in [0.4, 0.5) is 18.9 Å². The Kier molecular flexibility index (Phi) is 4.10. The van der Waals surface area contributed by atoms with Crippen LogP contribution in [-0.2, 0) is 11.3 Å². The highest BCUT2D eigenvalue weighted by atomic mass is 19.4. The summed E-state index contributed by atoms with van der Waals surface area (Å²) < 4.78 is 37.0. The Morgan fingerprint density at radius 1 is 1.29 bits per heavy atom. The summed E-state index contributed by atoms with van der Waals surface area (Å²) in [5, 5.41) is 5.78. The first-order valence-electron chi connectivity index (χ1n) is 5.92. The summed E-state index contributed by atoms with van der Waals surface area (Å²) >= 11 is 0. The van der Waals surface area contributed by atoms with Gasteiger partial charge in [-0.15, -0.1) is 0 Å². The Hall–Kier alpha value is -2.58. The van der Waals surface area contributed by atoms with Crippen LogP contribution in [0.5, 0.6) is 0 Å². The van der Waals surface area contributed by atoms with E-state index in [9.17, 15) is 18.0 Å². The van der Waals surface area contributed by atoms with Gasteiger partial charge in [-0.25, -0.2) is 9.67 Å². The van der Waals surface area contributed by atoms with Gasteiger partial charge in [0.25, 0.3) is 0 Å². The molecule has 1 aromatic heterocycles. The van der Waals surface area contributed by atoms with E-state index in [-0.39, 0.29) is 6.54 Å². The molecule has 0 unspecified atom stereocenters. The summed E-state index contributed by atoms with van der Waals surface area (Å²) in [6.07, 6.45) is -3.16. The van der Waals surface area contributed by atoms with Crippen molar-refractivity contribution in [2.24, 2.45) is 0 Å². The van der Waals surface area contributed by atoms with Gasteiger partial charge in [-0.05, 0) is 24.3 Å². The molecule has 9 heteroatoms. The third-order valence-corrected chi connectivity index (χ3v) is 2.50. The first-order chi connectivity index (χ1) is 9.83. The third kappa shape index (κ3) is 4.48. The fourth-order valence-electron chi connectivity index (χ4n) is 1.54. The van der Waals surface area contributed by atoms with Crippen LogP contribution in [0.1, 0.15) is 0 Å². The average molecular weight is 299 g/mol. The van der Waals surface area contributed by atoms with E-state index in [2.05, 4.69) is 10.1 Å². The lowest BCUT2D eigenvalue weighted by Gasteiger charge is -2.07. The number of hydrogen-bond donors (Lipinski definition) is 2. The highest BCUT2D eigenvalue weighted by Gasteiger charge is 2.27. The SMILES string of the molecule is Nc1ccc(-c2ncn(CC(=O)NCC(F)(F)F)n2)cc1. The van der Waals surface area contributed by atoms with Crippen LogP contribution in [0.15, 0.2) is 30.6 Å². The Balaban J connectivity index is 1.97. The average Bonchev–Trinajstić information content (AvgIpc) is 2.85. The number of hydrogen-bond acceptors (Lipinski definition) is 4. The van der Waals surface area contributed by atoms with Crippen LogP contribution in [0.3, 0.4) is 0 Å². The molecule has 0 aliphatic rings. The second kappa shape index (κ2) is 5.81. The molecule has 0 radical (unpaired) electrons. The molecule has 1 amide bonds. The fraction of sp³-hybridized carbons (Fsp3) is 0.250. The van der Waals surface area contributed by atoms with E-state index in [4.69, 9.17) is 5.73 Å². The zero-order valence-corrected chi connectivity index (χ0v) is 10.8. The van der Waals surface area contributed by atoms with Crippen molar-refractivity contribution in [3.8, 4) is 11.4 Å². The largest absolute Gasteiger partial charge is 0.405 e. The Morgan fingerprint density at radius 2 is 1.95 bits per heavy atom. The van der Waals surface area contributed by atoms with E-state index >= 15 is 0 Å². The number of aromatic nitrogens is 3. The maximum absolute atomic E-state index is 12.0. The molecule has 0 atom stereocenters. The Bertz CT molecular complexity index is 621. The molecule has 6 nitrogen and oxygen atoms in total. The minimum Gasteiger partial charge on any atom is -0.399 e. The molecule has 1 aromatic carbocycles. The highest BCUT2D eigenvalue weighted by Crippen LogP contribution is 2.16. The van der Waals surface area contributed by atoms with E-state index in [1.807, 2.05) is 0 Å². The molecule has 0 saturated heterocycles.